The van der Waals surface area contributed by atoms with E-state index in [1.165, 1.54) is 18.2 Å². The van der Waals surface area contributed by atoms with E-state index in [2.05, 4.69) is 91.6 Å². The van der Waals surface area contributed by atoms with Gasteiger partial charge in [0.05, 0.1) is 56.7 Å². The van der Waals surface area contributed by atoms with E-state index in [-0.39, 0.29) is 40.7 Å². The number of aryl methyl sites for hydroxylation is 3. The Morgan fingerprint density at radius 1 is 0.439 bits per heavy atom. The maximum absolute atomic E-state index is 13.1. The summed E-state index contributed by atoms with van der Waals surface area (Å²) in [4.78, 5) is 95.8. The van der Waals surface area contributed by atoms with E-state index in [1.807, 2.05) is 92.6 Å². The van der Waals surface area contributed by atoms with Crippen molar-refractivity contribution in [3.8, 4) is 69.4 Å². The second kappa shape index (κ2) is 43.4. The number of hydrogen-bond donors (Lipinski definition) is 4. The molecule has 35 heteroatoms. The Bertz CT molecular complexity index is 5830. The summed E-state index contributed by atoms with van der Waals surface area (Å²) in [7, 11) is 0. The summed E-state index contributed by atoms with van der Waals surface area (Å²) in [5.74, 6) is 14.4. The van der Waals surface area contributed by atoms with Gasteiger partial charge in [0.1, 0.15) is 39.7 Å². The number of aromatic nitrogens is 6. The SMILES string of the molecule is C#CC1CCN(C(=O)OC(C)(C)C)C1.Cc1ccc(NC(=O)c2ccnc(C(F)(F)F)c2)cc1-c1cnc(C#CC2CCN(C(=O)OC(C)(C)C)C2)c(N2CCOCC2)c1.Cc1ccc(NC(=O)c2ccnc(C(F)(F)F)c2)cc1-c1cnc(C#CC2CCNC2)c(N2CCOCC2)c1.Cc1ccc(NC(=O)c2ccnc(C(F)(F)F)c2)cc1-c1cnc(Cl)c(N2CCOCC2)c1. The molecule has 12 heterocycles. The van der Waals surface area contributed by atoms with Crippen molar-refractivity contribution in [1.29, 1.82) is 0 Å². The predicted octanol–water partition coefficient (Wildman–Crippen LogP) is 17.8. The lowest BCUT2D eigenvalue weighted by atomic mass is 10.00. The van der Waals surface area contributed by atoms with Crippen LogP contribution in [0.1, 0.15) is 137 Å². The highest BCUT2D eigenvalue weighted by Crippen LogP contribution is 2.39. The molecule has 0 radical (unpaired) electrons. The molecule has 15 rings (SSSR count). The number of alkyl halides is 9. The number of nitrogens with zero attached hydrogens (tertiary/aromatic N) is 11. The maximum Gasteiger partial charge on any atom is 0.433 e. The van der Waals surface area contributed by atoms with Gasteiger partial charge in [0.25, 0.3) is 17.7 Å². The highest BCUT2D eigenvalue weighted by atomic mass is 35.5. The average Bonchev–Trinajstić information content (AvgIpc) is 0.871. The van der Waals surface area contributed by atoms with Crippen LogP contribution in [0.3, 0.4) is 0 Å². The number of morpholine rings is 3. The predicted molar refractivity (Wildman–Crippen MR) is 484 cm³/mol. The van der Waals surface area contributed by atoms with E-state index < -0.39 is 64.5 Å². The fourth-order valence-electron chi connectivity index (χ4n) is 14.8. The van der Waals surface area contributed by atoms with Crippen LogP contribution in [0.15, 0.2) is 146 Å². The highest BCUT2D eigenvalue weighted by molar-refractivity contribution is 6.32. The van der Waals surface area contributed by atoms with Crippen molar-refractivity contribution in [3.05, 3.63) is 213 Å². The molecule has 6 fully saturated rings. The Labute approximate surface area is 764 Å². The van der Waals surface area contributed by atoms with Crippen molar-refractivity contribution < 1.29 is 87.2 Å². The molecule has 3 atom stereocenters. The second-order valence-corrected chi connectivity index (χ2v) is 34.3. The molecule has 9 aromatic rings. The molecule has 694 valence electrons. The van der Waals surface area contributed by atoms with Gasteiger partial charge in [-0.1, -0.05) is 41.6 Å². The molecule has 0 spiro atoms. The van der Waals surface area contributed by atoms with Gasteiger partial charge in [0.15, 0.2) is 5.15 Å². The number of nitrogens with one attached hydrogen (secondary N) is 4. The molecule has 6 saturated heterocycles. The van der Waals surface area contributed by atoms with E-state index in [9.17, 15) is 63.5 Å². The summed E-state index contributed by atoms with van der Waals surface area (Å²) in [6.07, 6.45) is 1.47. The molecule has 3 unspecified atom stereocenters. The minimum absolute atomic E-state index is 0.0123. The number of anilines is 6. The van der Waals surface area contributed by atoms with Crippen LogP contribution >= 0.6 is 11.6 Å². The number of halogens is 10. The van der Waals surface area contributed by atoms with Crippen molar-refractivity contribution in [1.82, 2.24) is 45.0 Å². The van der Waals surface area contributed by atoms with Crippen molar-refractivity contribution in [2.24, 2.45) is 17.8 Å². The van der Waals surface area contributed by atoms with Gasteiger partial charge in [0, 0.05) is 177 Å². The molecular formula is C97H101ClF9N15O10. The molecule has 6 aliphatic heterocycles. The van der Waals surface area contributed by atoms with Gasteiger partial charge in [0.2, 0.25) is 0 Å². The zero-order valence-corrected chi connectivity index (χ0v) is 75.1. The number of carbonyl (C=O) groups is 5. The number of terminal acetylenes is 1. The van der Waals surface area contributed by atoms with E-state index in [4.69, 9.17) is 51.7 Å². The zero-order chi connectivity index (χ0) is 94.8. The van der Waals surface area contributed by atoms with Crippen molar-refractivity contribution >= 4 is 75.6 Å². The molecule has 132 heavy (non-hydrogen) atoms. The van der Waals surface area contributed by atoms with Gasteiger partial charge in [-0.25, -0.2) is 24.5 Å². The number of benzene rings is 3. The first-order valence-corrected chi connectivity index (χ1v) is 43.2. The molecule has 3 aromatic carbocycles. The smallest absolute Gasteiger partial charge is 0.433 e. The lowest BCUT2D eigenvalue weighted by Crippen LogP contribution is -2.36. The van der Waals surface area contributed by atoms with Crippen LogP contribution in [0, 0.1) is 74.6 Å². The molecule has 0 saturated carbocycles. The van der Waals surface area contributed by atoms with Gasteiger partial charge < -0.3 is 69.5 Å². The third kappa shape index (κ3) is 27.4. The van der Waals surface area contributed by atoms with Gasteiger partial charge in [-0.2, -0.15) is 39.5 Å². The normalized spacial score (nSPS) is 16.9. The maximum atomic E-state index is 13.1. The van der Waals surface area contributed by atoms with Crippen molar-refractivity contribution in [3.63, 3.8) is 0 Å². The quantitative estimate of drug-likeness (QED) is 0.0503. The number of likely N-dealkylation sites (tertiary alicyclic amines) is 2. The topological polar surface area (TPSA) is 273 Å². The minimum atomic E-state index is -4.66. The molecule has 4 N–H and O–H groups in total. The summed E-state index contributed by atoms with van der Waals surface area (Å²) >= 11 is 6.33. The van der Waals surface area contributed by atoms with E-state index in [0.717, 1.165) is 149 Å². The lowest BCUT2D eigenvalue weighted by Gasteiger charge is -2.29. The Morgan fingerprint density at radius 3 is 1.12 bits per heavy atom. The molecule has 6 aromatic heterocycles. The summed E-state index contributed by atoms with van der Waals surface area (Å²) < 4.78 is 144. The number of amides is 5. The summed E-state index contributed by atoms with van der Waals surface area (Å²) in [5, 5.41) is 11.8. The Hall–Kier alpha value is -12.9. The number of pyridine rings is 6. The number of ether oxygens (including phenoxy) is 5. The van der Waals surface area contributed by atoms with Crippen LogP contribution in [0.4, 0.5) is 83.2 Å². The van der Waals surface area contributed by atoms with Gasteiger partial charge in [-0.3, -0.25) is 29.3 Å². The largest absolute Gasteiger partial charge is 0.444 e. The summed E-state index contributed by atoms with van der Waals surface area (Å²) in [5.41, 5.74) is 8.16. The first-order chi connectivity index (χ1) is 62.7. The lowest BCUT2D eigenvalue weighted by molar-refractivity contribution is -0.142. The fraction of sp³-hybridized carbons (Fsp3) is 0.392. The summed E-state index contributed by atoms with van der Waals surface area (Å²) in [6, 6.07) is 27.9. The number of rotatable bonds is 12. The first kappa shape index (κ1) is 98.1. The molecular weight excluding hydrogens is 1740 g/mol. The molecule has 0 bridgehead atoms. The molecule has 25 nitrogen and oxygen atoms in total. The van der Waals surface area contributed by atoms with Crippen molar-refractivity contribution in [2.75, 3.05) is 149 Å². The second-order valence-electron chi connectivity index (χ2n) is 34.0. The standard InChI is InChI=1S/C34H36F3N5O4.C29H28F3N5O2.C23H20ClF3N4O2.C11H17NO2/c1-22-5-7-26(40-31(43)24-9-11-38-30(18-24)34(35,36)37)19-27(22)25-17-29(41-13-15-45-16-14-41)28(39-20-25)8-6-23-10-12-42(21-23)32(44)46-33(2,3)4;1-19-2-4-23(36-28(38)21-7-9-34-27(15-21)29(30,31)32)16-24(19)22-14-26(37-10-12-39-13-11-37)25(35-18-22)5-3-20-6-8-33-17-20;1-14-2-3-17(30-22(32)15-4-5-28-20(11-15)23(25,26)27)12-18(14)16-10-19(21(24)29-13-16)31-6-8-33-9-7-31;1-5-9-6-7-12(8-9)10(13)14-11(2,3)4/h5,7,9,11,17-20,23H,10,12-16,21H2,1-4H3,(H,40,43);2,4,7,9,14-16,18,20,33H,6,8,10-13,17H2,1H3,(H,36,38);2-5,10-13H,6-9H2,1H3,(H,30,32);1,9H,6-8H2,2-4H3. The van der Waals surface area contributed by atoms with Crippen LogP contribution < -0.4 is 36.0 Å². The Kier molecular flexibility index (Phi) is 32.3. The Balaban J connectivity index is 0.000000168. The van der Waals surface area contributed by atoms with Crippen molar-refractivity contribution in [2.45, 2.75) is 111 Å². The van der Waals surface area contributed by atoms with Gasteiger partial charge in [-0.15, -0.1) is 12.3 Å². The van der Waals surface area contributed by atoms with E-state index in [0.29, 0.717) is 132 Å². The minimum Gasteiger partial charge on any atom is -0.444 e. The first-order valence-electron chi connectivity index (χ1n) is 42.9. The molecule has 0 aliphatic carbocycles. The molecule has 6 aliphatic rings. The van der Waals surface area contributed by atoms with Crippen LogP contribution in [0.2, 0.25) is 5.15 Å². The van der Waals surface area contributed by atoms with Crippen LogP contribution in [0.25, 0.3) is 33.4 Å². The van der Waals surface area contributed by atoms with Crippen LogP contribution in [0.5, 0.6) is 0 Å². The highest BCUT2D eigenvalue weighted by Gasteiger charge is 2.37. The van der Waals surface area contributed by atoms with Crippen LogP contribution in [-0.2, 0) is 42.2 Å². The van der Waals surface area contributed by atoms with Gasteiger partial charge in [-0.05, 0) is 224 Å². The number of carbonyl (C=O) groups excluding carboxylic acids is 5. The third-order valence-electron chi connectivity index (χ3n) is 21.7. The molecule has 5 amide bonds. The fourth-order valence-corrected chi connectivity index (χ4v) is 15.0. The van der Waals surface area contributed by atoms with E-state index >= 15 is 0 Å². The zero-order valence-electron chi connectivity index (χ0n) is 74.3. The monoisotopic (exact) mass is 1840 g/mol. The van der Waals surface area contributed by atoms with Crippen LogP contribution in [-0.4, -0.2) is 199 Å². The Morgan fingerprint density at radius 2 is 0.780 bits per heavy atom. The van der Waals surface area contributed by atoms with Gasteiger partial charge >= 0.3 is 30.7 Å². The summed E-state index contributed by atoms with van der Waals surface area (Å²) in [6.45, 7) is 28.9. The third-order valence-corrected chi connectivity index (χ3v) is 22.0. The van der Waals surface area contributed by atoms with E-state index in [1.54, 1.807) is 64.8 Å². The average molecular weight is 1840 g/mol. The number of hydrogen-bond acceptors (Lipinski definition) is 20.